The summed E-state index contributed by atoms with van der Waals surface area (Å²) in [6.07, 6.45) is 4.52. The number of hydrogen-bond donors (Lipinski definition) is 2. The van der Waals surface area contributed by atoms with Gasteiger partial charge in [0.2, 0.25) is 0 Å². The lowest BCUT2D eigenvalue weighted by Crippen LogP contribution is -2.30. The summed E-state index contributed by atoms with van der Waals surface area (Å²) in [6.45, 7) is 2.67. The quantitative estimate of drug-likeness (QED) is 0.809. The molecule has 2 aromatic carbocycles. The first-order valence-corrected chi connectivity index (χ1v) is 10.3. The highest BCUT2D eigenvalue weighted by atomic mass is 16.5. The van der Waals surface area contributed by atoms with Gasteiger partial charge < -0.3 is 20.3 Å². The topological polar surface area (TPSA) is 70.7 Å². The van der Waals surface area contributed by atoms with E-state index in [2.05, 4.69) is 22.8 Å². The molecule has 3 amide bonds. The van der Waals surface area contributed by atoms with Gasteiger partial charge in [0.1, 0.15) is 0 Å². The highest BCUT2D eigenvalue weighted by molar-refractivity contribution is 5.95. The third kappa shape index (κ3) is 4.95. The minimum atomic E-state index is -0.133. The number of benzene rings is 2. The van der Waals surface area contributed by atoms with Crippen molar-refractivity contribution in [2.45, 2.75) is 44.9 Å². The molecule has 2 aliphatic heterocycles. The first kappa shape index (κ1) is 19.5. The van der Waals surface area contributed by atoms with Crippen LogP contribution in [0.2, 0.25) is 0 Å². The summed E-state index contributed by atoms with van der Waals surface area (Å²) >= 11 is 0. The monoisotopic (exact) mass is 393 g/mol. The average Bonchev–Trinajstić information content (AvgIpc) is 3.19. The van der Waals surface area contributed by atoms with E-state index in [9.17, 15) is 9.59 Å². The Bertz CT molecular complexity index is 835. The normalized spacial score (nSPS) is 18.2. The van der Waals surface area contributed by atoms with Crippen LogP contribution in [0, 0.1) is 0 Å². The van der Waals surface area contributed by atoms with E-state index in [0.717, 1.165) is 25.9 Å². The van der Waals surface area contributed by atoms with Crippen LogP contribution in [0.3, 0.4) is 0 Å². The number of amides is 3. The molecule has 29 heavy (non-hydrogen) atoms. The van der Waals surface area contributed by atoms with Crippen molar-refractivity contribution in [3.8, 4) is 0 Å². The maximum atomic E-state index is 12.5. The minimum Gasteiger partial charge on any atom is -0.378 e. The molecule has 6 heteroatoms. The van der Waals surface area contributed by atoms with E-state index in [1.165, 1.54) is 17.5 Å². The van der Waals surface area contributed by atoms with E-state index in [-0.39, 0.29) is 18.0 Å². The molecular formula is C23H27N3O3. The van der Waals surface area contributed by atoms with Crippen molar-refractivity contribution < 1.29 is 14.3 Å². The highest BCUT2D eigenvalue weighted by Crippen LogP contribution is 2.23. The fourth-order valence-corrected chi connectivity index (χ4v) is 3.87. The molecule has 152 valence electrons. The molecule has 1 unspecified atom stereocenters. The van der Waals surface area contributed by atoms with Crippen LogP contribution >= 0.6 is 0 Å². The lowest BCUT2D eigenvalue weighted by Gasteiger charge is -2.22. The maximum absolute atomic E-state index is 12.5. The smallest absolute Gasteiger partial charge is 0.322 e. The minimum absolute atomic E-state index is 0.103. The first-order chi connectivity index (χ1) is 14.2. The molecule has 0 aromatic heterocycles. The van der Waals surface area contributed by atoms with Crippen LogP contribution in [0.1, 0.15) is 47.2 Å². The van der Waals surface area contributed by atoms with Crippen LogP contribution in [-0.2, 0) is 17.8 Å². The zero-order valence-corrected chi connectivity index (χ0v) is 16.5. The number of nitrogens with one attached hydrogen (secondary N) is 2. The number of carbonyl (C=O) groups excluding carboxylic acids is 2. The number of hydrogen-bond acceptors (Lipinski definition) is 3. The average molecular weight is 393 g/mol. The van der Waals surface area contributed by atoms with E-state index in [4.69, 9.17) is 4.74 Å². The van der Waals surface area contributed by atoms with Crippen LogP contribution in [0.4, 0.5) is 10.5 Å². The molecule has 0 radical (unpaired) electrons. The van der Waals surface area contributed by atoms with Gasteiger partial charge in [-0.3, -0.25) is 4.79 Å². The second-order valence-corrected chi connectivity index (χ2v) is 7.67. The summed E-state index contributed by atoms with van der Waals surface area (Å²) in [7, 11) is 0. The van der Waals surface area contributed by atoms with Gasteiger partial charge in [0, 0.05) is 37.5 Å². The van der Waals surface area contributed by atoms with Crippen molar-refractivity contribution in [1.29, 1.82) is 0 Å². The molecule has 2 aromatic rings. The van der Waals surface area contributed by atoms with Gasteiger partial charge in [-0.25, -0.2) is 4.79 Å². The molecule has 1 atom stereocenters. The molecule has 1 saturated heterocycles. The number of nitrogens with zero attached hydrogens (tertiary/aromatic N) is 1. The van der Waals surface area contributed by atoms with E-state index >= 15 is 0 Å². The van der Waals surface area contributed by atoms with Crippen LogP contribution < -0.4 is 10.6 Å². The third-order valence-electron chi connectivity index (χ3n) is 5.55. The predicted molar refractivity (Wildman–Crippen MR) is 112 cm³/mol. The van der Waals surface area contributed by atoms with E-state index in [0.29, 0.717) is 30.9 Å². The largest absolute Gasteiger partial charge is 0.378 e. The van der Waals surface area contributed by atoms with Gasteiger partial charge in [-0.05, 0) is 61.1 Å². The Morgan fingerprint density at radius 1 is 1.00 bits per heavy atom. The molecule has 0 spiro atoms. The van der Waals surface area contributed by atoms with Gasteiger partial charge in [0.25, 0.3) is 5.91 Å². The van der Waals surface area contributed by atoms with Crippen molar-refractivity contribution in [1.82, 2.24) is 10.2 Å². The summed E-state index contributed by atoms with van der Waals surface area (Å²) < 4.78 is 5.69. The Kier molecular flexibility index (Phi) is 6.10. The molecule has 0 aliphatic carbocycles. The lowest BCUT2D eigenvalue weighted by molar-refractivity contribution is 0.0117. The van der Waals surface area contributed by atoms with Crippen LogP contribution in [-0.4, -0.2) is 36.1 Å². The number of ether oxygens (including phenoxy) is 1. The molecular weight excluding hydrogens is 366 g/mol. The predicted octanol–water partition coefficient (Wildman–Crippen LogP) is 3.92. The zero-order chi connectivity index (χ0) is 20.1. The molecule has 0 bridgehead atoms. The number of rotatable bonds is 5. The molecule has 0 saturated carbocycles. The summed E-state index contributed by atoms with van der Waals surface area (Å²) in [6, 6.07) is 15.0. The molecule has 2 aliphatic rings. The van der Waals surface area contributed by atoms with Crippen LogP contribution in [0.15, 0.2) is 48.5 Å². The first-order valence-electron chi connectivity index (χ1n) is 10.3. The molecule has 2 N–H and O–H groups in total. The number of anilines is 1. The number of carbonyl (C=O) groups is 2. The zero-order valence-electron chi connectivity index (χ0n) is 16.5. The Morgan fingerprint density at radius 2 is 1.72 bits per heavy atom. The van der Waals surface area contributed by atoms with Crippen LogP contribution in [0.25, 0.3) is 0 Å². The molecule has 4 rings (SSSR count). The molecule has 6 nitrogen and oxygen atoms in total. The van der Waals surface area contributed by atoms with E-state index in [1.54, 1.807) is 29.2 Å². The molecule has 2 heterocycles. The van der Waals surface area contributed by atoms with Crippen molar-refractivity contribution in [2.75, 3.05) is 18.5 Å². The summed E-state index contributed by atoms with van der Waals surface area (Å²) in [5, 5.41) is 5.86. The Hall–Kier alpha value is -2.86. The van der Waals surface area contributed by atoms with Gasteiger partial charge in [-0.2, -0.15) is 0 Å². The highest BCUT2D eigenvalue weighted by Gasteiger charge is 2.22. The summed E-state index contributed by atoms with van der Waals surface area (Å²) in [5.74, 6) is -0.103. The van der Waals surface area contributed by atoms with Gasteiger partial charge in [0.05, 0.1) is 6.10 Å². The van der Waals surface area contributed by atoms with Crippen molar-refractivity contribution in [3.05, 3.63) is 65.2 Å². The Balaban J connectivity index is 1.24. The van der Waals surface area contributed by atoms with Gasteiger partial charge in [0.15, 0.2) is 0 Å². The fourth-order valence-electron chi connectivity index (χ4n) is 3.87. The van der Waals surface area contributed by atoms with Crippen molar-refractivity contribution >= 4 is 17.6 Å². The Morgan fingerprint density at radius 3 is 2.38 bits per heavy atom. The van der Waals surface area contributed by atoms with E-state index in [1.807, 2.05) is 12.1 Å². The van der Waals surface area contributed by atoms with Crippen LogP contribution in [0.5, 0.6) is 0 Å². The Labute approximate surface area is 171 Å². The molecule has 1 fully saturated rings. The standard InChI is InChI=1S/C23H27N3O3/c27-22(24-13-12-21-7-3-4-14-29-21)17-8-10-20(11-9-17)25-23(28)26-15-18-5-1-2-6-19(18)16-26/h1-2,5-6,8-11,21H,3-4,7,12-16H2,(H,24,27)(H,25,28). The summed E-state index contributed by atoms with van der Waals surface area (Å²) in [4.78, 5) is 26.6. The number of urea groups is 1. The lowest BCUT2D eigenvalue weighted by atomic mass is 10.1. The van der Waals surface area contributed by atoms with Gasteiger partial charge >= 0.3 is 6.03 Å². The fraction of sp³-hybridized carbons (Fsp3) is 0.391. The van der Waals surface area contributed by atoms with Crippen molar-refractivity contribution in [2.24, 2.45) is 0 Å². The van der Waals surface area contributed by atoms with E-state index < -0.39 is 0 Å². The second-order valence-electron chi connectivity index (χ2n) is 7.67. The summed E-state index contributed by atoms with van der Waals surface area (Å²) in [5.41, 5.74) is 3.64. The third-order valence-corrected chi connectivity index (χ3v) is 5.55. The van der Waals surface area contributed by atoms with Gasteiger partial charge in [-0.1, -0.05) is 24.3 Å². The van der Waals surface area contributed by atoms with Gasteiger partial charge in [-0.15, -0.1) is 0 Å². The second kappa shape index (κ2) is 9.09. The maximum Gasteiger partial charge on any atom is 0.322 e. The van der Waals surface area contributed by atoms with Crippen molar-refractivity contribution in [3.63, 3.8) is 0 Å². The SMILES string of the molecule is O=C(NCCC1CCCCO1)c1ccc(NC(=O)N2Cc3ccccc3C2)cc1. The number of fused-ring (bicyclic) bond motifs is 1.